The summed E-state index contributed by atoms with van der Waals surface area (Å²) in [6.07, 6.45) is 1.79. The van der Waals surface area contributed by atoms with E-state index in [4.69, 9.17) is 11.6 Å². The van der Waals surface area contributed by atoms with E-state index in [2.05, 4.69) is 6.58 Å². The average molecular weight is 456 g/mol. The van der Waals surface area contributed by atoms with Gasteiger partial charge in [0, 0.05) is 29.3 Å². The molecule has 160 valence electrons. The number of benzene rings is 3. The van der Waals surface area contributed by atoms with Crippen LogP contribution in [0.1, 0.15) is 16.7 Å². The first-order valence-electron chi connectivity index (χ1n) is 9.60. The second kappa shape index (κ2) is 11.6. The smallest absolute Gasteiger partial charge is 0.190 e. The molecule has 3 aromatic rings. The molecule has 0 N–H and O–H groups in total. The normalized spacial score (nSPS) is 11.2. The van der Waals surface area contributed by atoms with Crippen LogP contribution in [0.15, 0.2) is 91.0 Å². The third-order valence-electron chi connectivity index (χ3n) is 4.66. The number of halogens is 3. The molecular formula is C26H24Cl2FNO. The van der Waals surface area contributed by atoms with Crippen molar-refractivity contribution in [2.45, 2.75) is 6.54 Å². The predicted molar refractivity (Wildman–Crippen MR) is 130 cm³/mol. The first-order chi connectivity index (χ1) is 14.4. The number of ketones is 1. The Morgan fingerprint density at radius 3 is 2.23 bits per heavy atom. The number of hydrogen-bond donors (Lipinski definition) is 0. The van der Waals surface area contributed by atoms with Crippen molar-refractivity contribution in [3.63, 3.8) is 0 Å². The van der Waals surface area contributed by atoms with Gasteiger partial charge in [0.1, 0.15) is 5.82 Å². The van der Waals surface area contributed by atoms with Gasteiger partial charge in [0.25, 0.3) is 0 Å². The van der Waals surface area contributed by atoms with Crippen LogP contribution in [0.4, 0.5) is 4.39 Å². The summed E-state index contributed by atoms with van der Waals surface area (Å²) in [6, 6.07) is 23.2. The first kappa shape index (κ1) is 24.5. The number of hydrogen-bond acceptors (Lipinski definition) is 2. The van der Waals surface area contributed by atoms with Gasteiger partial charge in [0.15, 0.2) is 5.78 Å². The Balaban J connectivity index is 0.00000341. The highest BCUT2D eigenvalue weighted by Crippen LogP contribution is 2.24. The number of allylic oxidation sites excluding steroid dienone is 1. The summed E-state index contributed by atoms with van der Waals surface area (Å²) in [6.45, 7) is 5.16. The van der Waals surface area contributed by atoms with E-state index < -0.39 is 0 Å². The number of likely N-dealkylation sites (N-methyl/N-ethyl adjacent to an activating group) is 1. The van der Waals surface area contributed by atoms with E-state index in [9.17, 15) is 9.18 Å². The van der Waals surface area contributed by atoms with Gasteiger partial charge >= 0.3 is 0 Å². The fourth-order valence-corrected chi connectivity index (χ4v) is 3.30. The number of carbonyl (C=O) groups excluding carboxylic acids is 1. The van der Waals surface area contributed by atoms with E-state index in [-0.39, 0.29) is 24.0 Å². The van der Waals surface area contributed by atoms with Gasteiger partial charge in [0.05, 0.1) is 0 Å². The fourth-order valence-electron chi connectivity index (χ4n) is 3.17. The van der Waals surface area contributed by atoms with E-state index in [0.29, 0.717) is 34.8 Å². The minimum atomic E-state index is -0.349. The van der Waals surface area contributed by atoms with E-state index in [1.165, 1.54) is 12.1 Å². The van der Waals surface area contributed by atoms with Crippen LogP contribution in [0.25, 0.3) is 11.6 Å². The highest BCUT2D eigenvalue weighted by atomic mass is 35.5. The van der Waals surface area contributed by atoms with Crippen LogP contribution in [-0.2, 0) is 11.3 Å². The Kier molecular flexibility index (Phi) is 9.20. The monoisotopic (exact) mass is 455 g/mol. The van der Waals surface area contributed by atoms with Crippen molar-refractivity contribution < 1.29 is 9.18 Å². The Morgan fingerprint density at radius 2 is 1.61 bits per heavy atom. The molecule has 0 heterocycles. The number of nitrogens with zero attached hydrogens (tertiary/aromatic N) is 1. The van der Waals surface area contributed by atoms with E-state index in [1.54, 1.807) is 30.3 Å². The first-order valence-corrected chi connectivity index (χ1v) is 9.98. The van der Waals surface area contributed by atoms with Gasteiger partial charge < -0.3 is 0 Å². The quantitative estimate of drug-likeness (QED) is 0.278. The second-order valence-corrected chi connectivity index (χ2v) is 7.64. The molecule has 0 fully saturated rings. The van der Waals surface area contributed by atoms with Gasteiger partial charge in [-0.2, -0.15) is 0 Å². The maximum Gasteiger partial charge on any atom is 0.190 e. The van der Waals surface area contributed by atoms with Crippen LogP contribution < -0.4 is 0 Å². The lowest BCUT2D eigenvalue weighted by Crippen LogP contribution is -2.23. The summed E-state index contributed by atoms with van der Waals surface area (Å²) in [4.78, 5) is 15.3. The summed E-state index contributed by atoms with van der Waals surface area (Å²) in [5.74, 6) is -0.519. The van der Waals surface area contributed by atoms with Gasteiger partial charge in [-0.1, -0.05) is 72.8 Å². The lowest BCUT2D eigenvalue weighted by atomic mass is 9.95. The molecule has 31 heavy (non-hydrogen) atoms. The van der Waals surface area contributed by atoms with Gasteiger partial charge in [-0.3, -0.25) is 9.69 Å². The van der Waals surface area contributed by atoms with Crippen molar-refractivity contribution in [1.82, 2.24) is 4.90 Å². The maximum atomic E-state index is 13.4. The Labute approximate surface area is 194 Å². The molecule has 0 unspecified atom stereocenters. The molecule has 0 radical (unpaired) electrons. The fraction of sp³-hybridized carbons (Fsp3) is 0.115. The summed E-state index contributed by atoms with van der Waals surface area (Å²) < 4.78 is 13.4. The molecule has 0 bridgehead atoms. The molecule has 0 spiro atoms. The summed E-state index contributed by atoms with van der Waals surface area (Å²) >= 11 is 5.97. The second-order valence-electron chi connectivity index (χ2n) is 7.21. The van der Waals surface area contributed by atoms with Crippen molar-refractivity contribution in [2.24, 2.45) is 0 Å². The molecule has 3 rings (SSSR count). The molecule has 0 aliphatic carbocycles. The number of Topliss-reactive ketones (excluding diaryl/α,β-unsaturated/α-hetero) is 1. The van der Waals surface area contributed by atoms with Crippen LogP contribution in [0, 0.1) is 5.82 Å². The maximum absolute atomic E-state index is 13.4. The Bertz CT molecular complexity index is 1050. The minimum Gasteiger partial charge on any atom is -0.298 e. The number of rotatable bonds is 8. The summed E-state index contributed by atoms with van der Waals surface area (Å²) in [5.41, 5.74) is 3.57. The molecule has 0 atom stereocenters. The van der Waals surface area contributed by atoms with Crippen molar-refractivity contribution >= 4 is 41.4 Å². The minimum absolute atomic E-state index is 0. The largest absolute Gasteiger partial charge is 0.298 e. The van der Waals surface area contributed by atoms with E-state index in [1.807, 2.05) is 54.4 Å². The van der Waals surface area contributed by atoms with E-state index >= 15 is 0 Å². The van der Waals surface area contributed by atoms with Crippen molar-refractivity contribution in [2.75, 3.05) is 13.6 Å². The van der Waals surface area contributed by atoms with Crippen molar-refractivity contribution in [3.05, 3.63) is 119 Å². The van der Waals surface area contributed by atoms with Crippen LogP contribution in [0.2, 0.25) is 5.02 Å². The molecule has 0 amide bonds. The van der Waals surface area contributed by atoms with Crippen LogP contribution >= 0.6 is 24.0 Å². The topological polar surface area (TPSA) is 20.3 Å². The van der Waals surface area contributed by atoms with Gasteiger partial charge in [-0.25, -0.2) is 4.39 Å². The lowest BCUT2D eigenvalue weighted by molar-refractivity contribution is -0.110. The molecule has 0 aromatic heterocycles. The third-order valence-corrected chi connectivity index (χ3v) is 4.91. The highest BCUT2D eigenvalue weighted by molar-refractivity contribution is 6.32. The lowest BCUT2D eigenvalue weighted by Gasteiger charge is -2.18. The summed E-state index contributed by atoms with van der Waals surface area (Å²) in [5, 5.41) is 0.619. The molecular weight excluding hydrogens is 432 g/mol. The average Bonchev–Trinajstić information content (AvgIpc) is 2.74. The predicted octanol–water partition coefficient (Wildman–Crippen LogP) is 6.70. The summed E-state index contributed by atoms with van der Waals surface area (Å²) in [7, 11) is 1.95. The molecule has 0 saturated heterocycles. The zero-order chi connectivity index (χ0) is 21.5. The number of carbonyl (C=O) groups is 1. The zero-order valence-corrected chi connectivity index (χ0v) is 18.8. The van der Waals surface area contributed by atoms with Crippen molar-refractivity contribution in [3.8, 4) is 0 Å². The van der Waals surface area contributed by atoms with Gasteiger partial charge in [-0.05, 0) is 54.1 Å². The van der Waals surface area contributed by atoms with Crippen LogP contribution in [0.5, 0.6) is 0 Å². The van der Waals surface area contributed by atoms with Gasteiger partial charge in [-0.15, -0.1) is 12.4 Å². The zero-order valence-electron chi connectivity index (χ0n) is 17.2. The molecule has 0 aliphatic heterocycles. The van der Waals surface area contributed by atoms with Gasteiger partial charge in [0.2, 0.25) is 0 Å². The molecule has 5 heteroatoms. The molecule has 0 aliphatic rings. The molecule has 2 nitrogen and oxygen atoms in total. The van der Waals surface area contributed by atoms with E-state index in [0.717, 1.165) is 11.1 Å². The standard InChI is InChI=1S/C26H23ClFNO.ClH/c1-19(17-29(2)18-21-6-4-3-5-7-21)26(30)25(22-10-14-24(28)15-11-22)16-20-8-12-23(27)13-9-20;/h3-16H,1,17-18H2,2H3;1H/b25-16+;. The SMILES string of the molecule is C=C(CN(C)Cc1ccccc1)C(=O)/C(=C/c1ccc(Cl)cc1)c1ccc(F)cc1.Cl. The Morgan fingerprint density at radius 1 is 1.00 bits per heavy atom. The highest BCUT2D eigenvalue weighted by Gasteiger charge is 2.17. The Hall–Kier alpha value is -2.72. The molecule has 0 saturated carbocycles. The van der Waals surface area contributed by atoms with Crippen LogP contribution in [-0.4, -0.2) is 24.3 Å². The molecule has 3 aromatic carbocycles. The van der Waals surface area contributed by atoms with Crippen LogP contribution in [0.3, 0.4) is 0 Å². The van der Waals surface area contributed by atoms with Crippen molar-refractivity contribution in [1.29, 1.82) is 0 Å². The third kappa shape index (κ3) is 7.18.